The molecular weight excluding hydrogens is 1780 g/mol. The third-order valence-electron chi connectivity index (χ3n) is 27.0. The van der Waals surface area contributed by atoms with E-state index in [2.05, 4.69) is 349 Å². The molecule has 0 atom stereocenters. The van der Waals surface area contributed by atoms with Gasteiger partial charge in [0, 0.05) is 158 Å². The lowest BCUT2D eigenvalue weighted by Gasteiger charge is -2.15. The highest BCUT2D eigenvalue weighted by Gasteiger charge is 2.24. The van der Waals surface area contributed by atoms with E-state index >= 15 is 0 Å². The molecule has 146 heavy (non-hydrogen) atoms. The van der Waals surface area contributed by atoms with Crippen molar-refractivity contribution >= 4 is 86.8 Å². The average molecular weight is 1870 g/mol. The minimum absolute atomic E-state index is 0.633. The van der Waals surface area contributed by atoms with Crippen LogP contribution in [0.15, 0.2) is 516 Å². The molecule has 0 aliphatic heterocycles. The van der Waals surface area contributed by atoms with E-state index in [4.69, 9.17) is 49.8 Å². The molecule has 27 rings (SSSR count). The van der Waals surface area contributed by atoms with Crippen molar-refractivity contribution in [2.45, 2.75) is 0 Å². The van der Waals surface area contributed by atoms with Crippen molar-refractivity contribution in [3.63, 3.8) is 0 Å². The number of benzene rings is 17. The summed E-state index contributed by atoms with van der Waals surface area (Å²) in [5, 5.41) is 12.3. The molecule has 0 aliphatic rings. The third-order valence-corrected chi connectivity index (χ3v) is 27.0. The van der Waals surface area contributed by atoms with E-state index in [0.717, 1.165) is 194 Å². The quantitative estimate of drug-likeness (QED) is 0.0839. The monoisotopic (exact) mass is 1860 g/mol. The van der Waals surface area contributed by atoms with E-state index in [-0.39, 0.29) is 0 Å². The van der Waals surface area contributed by atoms with Gasteiger partial charge in [-0.3, -0.25) is 15.0 Å². The maximum atomic E-state index is 5.25. The van der Waals surface area contributed by atoms with Gasteiger partial charge in [0.2, 0.25) is 0 Å². The minimum atomic E-state index is 0.633. The number of rotatable bonds is 16. The molecule has 10 heterocycles. The van der Waals surface area contributed by atoms with Crippen LogP contribution in [0.2, 0.25) is 0 Å². The second-order valence-electron chi connectivity index (χ2n) is 35.9. The summed E-state index contributed by atoms with van der Waals surface area (Å²) in [4.78, 5) is 63.5. The van der Waals surface area contributed by atoms with Crippen molar-refractivity contribution < 1.29 is 0 Å². The largest absolute Gasteiger partial charge is 0.265 e. The summed E-state index contributed by atoms with van der Waals surface area (Å²) in [6, 6.07) is 166. The van der Waals surface area contributed by atoms with Crippen molar-refractivity contribution in [3.8, 4) is 180 Å². The molecular formula is C133H85N13. The predicted molar refractivity (Wildman–Crippen MR) is 598 cm³/mol. The maximum absolute atomic E-state index is 5.25. The normalized spacial score (nSPS) is 11.3. The van der Waals surface area contributed by atoms with E-state index in [1.165, 1.54) is 49.5 Å². The van der Waals surface area contributed by atoms with Gasteiger partial charge in [0.1, 0.15) is 0 Å². The lowest BCUT2D eigenvalue weighted by atomic mass is 9.91. The molecule has 27 aromatic rings. The van der Waals surface area contributed by atoms with Crippen LogP contribution < -0.4 is 0 Å². The first-order valence-electron chi connectivity index (χ1n) is 48.7. The molecule has 10 aromatic heterocycles. The van der Waals surface area contributed by atoms with Gasteiger partial charge in [0.25, 0.3) is 0 Å². The number of hydrogen-bond donors (Lipinski definition) is 0. The van der Waals surface area contributed by atoms with Gasteiger partial charge in [-0.15, -0.1) is 0 Å². The SMILES string of the molecule is c1ccc(-c2cc(-c3ccc(-c4ccc5nc(-c6ccncc6)c6cccc(-c7ccccc7)c6c5c4)cc3)nc(-c3ccccc3)n2)cc1.c1ccc(-c2ccc3ccc4ccc(-c5ccc6nc(-c7cccnc7)c7cccc(-c8ccccc8)c7c6c5)nc4c3n2)cc1.c1ccc(-c2nc(-c3ccccc3)nc(-c3ccc(-c4ccc5nc(-c6ccncc6)c6cccc(-c7ccccc7)c6c5c4)cc3)n2)cc1. The first kappa shape index (κ1) is 87.6. The van der Waals surface area contributed by atoms with Crippen molar-refractivity contribution in [1.82, 2.24) is 64.8 Å². The van der Waals surface area contributed by atoms with E-state index in [9.17, 15) is 0 Å². The van der Waals surface area contributed by atoms with Crippen LogP contribution in [0.3, 0.4) is 0 Å². The third kappa shape index (κ3) is 17.5. The van der Waals surface area contributed by atoms with Gasteiger partial charge >= 0.3 is 0 Å². The van der Waals surface area contributed by atoms with Crippen LogP contribution in [0.1, 0.15) is 0 Å². The molecule has 0 unspecified atom stereocenters. The van der Waals surface area contributed by atoms with Crippen LogP contribution in [-0.4, -0.2) is 64.8 Å². The Bertz CT molecular complexity index is 9040. The summed E-state index contributed by atoms with van der Waals surface area (Å²) in [5.41, 5.74) is 33.7. The summed E-state index contributed by atoms with van der Waals surface area (Å²) < 4.78 is 0. The number of pyridine rings is 8. The fraction of sp³-hybridized carbons (Fsp3) is 0. The van der Waals surface area contributed by atoms with Crippen molar-refractivity contribution in [3.05, 3.63) is 516 Å². The van der Waals surface area contributed by atoms with Gasteiger partial charge in [0.15, 0.2) is 23.3 Å². The van der Waals surface area contributed by atoms with Crippen LogP contribution in [0.25, 0.3) is 267 Å². The molecule has 682 valence electrons. The Labute approximate surface area is 842 Å². The summed E-state index contributed by atoms with van der Waals surface area (Å²) in [5.74, 6) is 2.63. The lowest BCUT2D eigenvalue weighted by Crippen LogP contribution is -2.00. The van der Waals surface area contributed by atoms with Crippen LogP contribution in [-0.2, 0) is 0 Å². The number of fused-ring (bicyclic) bond motifs is 12. The van der Waals surface area contributed by atoms with Crippen LogP contribution >= 0.6 is 0 Å². The smallest absolute Gasteiger partial charge is 0.164 e. The molecule has 0 fully saturated rings. The van der Waals surface area contributed by atoms with Gasteiger partial charge < -0.3 is 0 Å². The van der Waals surface area contributed by atoms with E-state index in [1.54, 1.807) is 6.20 Å². The molecule has 0 spiro atoms. The molecule has 13 nitrogen and oxygen atoms in total. The van der Waals surface area contributed by atoms with Crippen molar-refractivity contribution in [2.24, 2.45) is 0 Å². The molecule has 0 radical (unpaired) electrons. The van der Waals surface area contributed by atoms with Crippen LogP contribution in [0.4, 0.5) is 0 Å². The zero-order valence-corrected chi connectivity index (χ0v) is 78.9. The molecule has 0 N–H and O–H groups in total. The Kier molecular flexibility index (Phi) is 23.4. The van der Waals surface area contributed by atoms with E-state index in [1.807, 2.05) is 177 Å². The highest BCUT2D eigenvalue weighted by molar-refractivity contribution is 6.21. The molecule has 13 heteroatoms. The molecule has 0 bridgehead atoms. The zero-order chi connectivity index (χ0) is 97.0. The summed E-state index contributed by atoms with van der Waals surface area (Å²) in [6.45, 7) is 0. The summed E-state index contributed by atoms with van der Waals surface area (Å²) in [7, 11) is 0. The lowest BCUT2D eigenvalue weighted by molar-refractivity contribution is 1.07. The second kappa shape index (κ2) is 39.1. The van der Waals surface area contributed by atoms with Crippen LogP contribution in [0.5, 0.6) is 0 Å². The zero-order valence-electron chi connectivity index (χ0n) is 78.9. The van der Waals surface area contributed by atoms with Gasteiger partial charge in [-0.1, -0.05) is 388 Å². The maximum Gasteiger partial charge on any atom is 0.164 e. The highest BCUT2D eigenvalue weighted by Crippen LogP contribution is 2.46. The Balaban J connectivity index is 0.000000114. The van der Waals surface area contributed by atoms with E-state index < -0.39 is 0 Å². The fourth-order valence-electron chi connectivity index (χ4n) is 19.8. The minimum Gasteiger partial charge on any atom is -0.265 e. The molecule has 0 aliphatic carbocycles. The molecule has 17 aromatic carbocycles. The Morgan fingerprint density at radius 1 is 0.137 bits per heavy atom. The number of hydrogen-bond acceptors (Lipinski definition) is 13. The standard InChI is InChI=1S/C46H30N4.C45H29N5.C42H26N4/c1-4-11-32(12-5-1)38-17-10-18-39-44(38)40-29-37(23-24-41(40)48-45(39)35-25-27-47-28-26-35)31-19-21-34(22-20-31)43-30-42(33-13-6-2-7-14-33)49-46(50-43)36-15-8-3-9-16-36;1-4-11-31(12-5-1)37-17-10-18-38-41(37)39-29-36(23-24-40(39)47-42(38)32-25-27-46-28-26-32)30-19-21-35(22-20-30)45-49-43(33-13-6-2-7-14-33)48-44(50-45)34-15-8-3-9-16-34;1-3-9-27(10-4-1)33-14-7-15-34-39(33)35-25-31(20-23-38(35)46-40(34)32-13-8-24-43-26-32)37-22-19-30-17-16-29-18-21-36(28-11-5-2-6-12-28)44-41(29)42(30)45-37/h1-30H;1-29H;1-26H. The van der Waals surface area contributed by atoms with Crippen molar-refractivity contribution in [1.29, 1.82) is 0 Å². The van der Waals surface area contributed by atoms with E-state index in [0.29, 0.717) is 23.3 Å². The number of aromatic nitrogens is 13. The first-order chi connectivity index (χ1) is 72.4. The average Bonchev–Trinajstić information content (AvgIpc) is 0.744. The Morgan fingerprint density at radius 2 is 0.425 bits per heavy atom. The van der Waals surface area contributed by atoms with Gasteiger partial charge in [-0.05, 0) is 147 Å². The molecule has 0 amide bonds. The molecule has 0 saturated heterocycles. The van der Waals surface area contributed by atoms with Gasteiger partial charge in [0.05, 0.1) is 67.4 Å². The number of nitrogens with zero attached hydrogens (tertiary/aromatic N) is 13. The molecule has 0 saturated carbocycles. The van der Waals surface area contributed by atoms with Crippen LogP contribution in [0, 0.1) is 0 Å². The summed E-state index contributed by atoms with van der Waals surface area (Å²) in [6.07, 6.45) is 11.0. The Morgan fingerprint density at radius 3 is 0.801 bits per heavy atom. The highest BCUT2D eigenvalue weighted by atomic mass is 15.0. The second-order valence-corrected chi connectivity index (χ2v) is 35.9. The topological polar surface area (TPSA) is 168 Å². The summed E-state index contributed by atoms with van der Waals surface area (Å²) >= 11 is 0. The first-order valence-corrected chi connectivity index (χ1v) is 48.7. The predicted octanol–water partition coefficient (Wildman–Crippen LogP) is 33.1. The fourth-order valence-corrected chi connectivity index (χ4v) is 19.8. The van der Waals surface area contributed by atoms with Crippen molar-refractivity contribution in [2.75, 3.05) is 0 Å². The van der Waals surface area contributed by atoms with Gasteiger partial charge in [-0.25, -0.2) is 49.8 Å². The Hall–Kier alpha value is -19.9. The van der Waals surface area contributed by atoms with Gasteiger partial charge in [-0.2, -0.15) is 0 Å².